The van der Waals surface area contributed by atoms with Crippen LogP contribution >= 0.6 is 11.3 Å². The summed E-state index contributed by atoms with van der Waals surface area (Å²) in [6.07, 6.45) is 0.533. The highest BCUT2D eigenvalue weighted by atomic mass is 32.1. The number of amides is 1. The first kappa shape index (κ1) is 16.3. The molecule has 0 spiro atoms. The second kappa shape index (κ2) is 6.92. The van der Waals surface area contributed by atoms with Crippen molar-refractivity contribution in [1.29, 1.82) is 0 Å². The van der Waals surface area contributed by atoms with Gasteiger partial charge in [-0.2, -0.15) is 0 Å². The summed E-state index contributed by atoms with van der Waals surface area (Å²) in [7, 11) is 1.64. The van der Waals surface area contributed by atoms with Crippen LogP contribution in [0.15, 0.2) is 40.5 Å². The van der Waals surface area contributed by atoms with Crippen LogP contribution in [0.2, 0.25) is 0 Å². The van der Waals surface area contributed by atoms with Gasteiger partial charge >= 0.3 is 0 Å². The lowest BCUT2D eigenvalue weighted by atomic mass is 10.1. The largest absolute Gasteiger partial charge is 0.338 e. The SMILES string of the molecule is CN(Cc1nc2ccsc2c(=O)[nH]1)C(=O)CCc1ccccc1F. The minimum Gasteiger partial charge on any atom is -0.338 e. The number of nitrogens with zero attached hydrogens (tertiary/aromatic N) is 2. The van der Waals surface area contributed by atoms with E-state index >= 15 is 0 Å². The van der Waals surface area contributed by atoms with E-state index < -0.39 is 0 Å². The van der Waals surface area contributed by atoms with E-state index in [1.165, 1.54) is 22.3 Å². The van der Waals surface area contributed by atoms with Crippen LogP contribution in [0, 0.1) is 5.82 Å². The third kappa shape index (κ3) is 3.51. The van der Waals surface area contributed by atoms with E-state index in [1.54, 1.807) is 36.7 Å². The van der Waals surface area contributed by atoms with Crippen molar-refractivity contribution in [2.24, 2.45) is 0 Å². The van der Waals surface area contributed by atoms with E-state index in [9.17, 15) is 14.0 Å². The predicted octanol–water partition coefficient (Wildman–Crippen LogP) is 2.71. The second-order valence-electron chi connectivity index (χ2n) is 5.49. The Balaban J connectivity index is 1.65. The number of carbonyl (C=O) groups is 1. The smallest absolute Gasteiger partial charge is 0.268 e. The van der Waals surface area contributed by atoms with Gasteiger partial charge in [0.05, 0.1) is 12.1 Å². The standard InChI is InChI=1S/C17H16FN3O2S/c1-21(15(22)7-6-11-4-2-3-5-12(11)18)10-14-19-13-8-9-24-16(13)17(23)20-14/h2-5,8-9H,6-7,10H2,1H3,(H,19,20,23). The van der Waals surface area contributed by atoms with Crippen molar-refractivity contribution in [2.75, 3.05) is 7.05 Å². The maximum Gasteiger partial charge on any atom is 0.268 e. The third-order valence-corrected chi connectivity index (χ3v) is 4.65. The number of halogens is 1. The van der Waals surface area contributed by atoms with Crippen LogP contribution in [-0.4, -0.2) is 27.8 Å². The molecule has 0 aliphatic heterocycles. The molecule has 1 aromatic carbocycles. The molecule has 7 heteroatoms. The summed E-state index contributed by atoms with van der Waals surface area (Å²) in [5.41, 5.74) is 0.952. The Morgan fingerprint density at radius 1 is 1.33 bits per heavy atom. The quantitative estimate of drug-likeness (QED) is 0.773. The highest BCUT2D eigenvalue weighted by Crippen LogP contribution is 2.14. The molecule has 2 aromatic heterocycles. The van der Waals surface area contributed by atoms with E-state index in [2.05, 4.69) is 9.97 Å². The van der Waals surface area contributed by atoms with Crippen LogP contribution in [0.25, 0.3) is 10.2 Å². The van der Waals surface area contributed by atoms with E-state index in [1.807, 2.05) is 0 Å². The number of hydrogen-bond acceptors (Lipinski definition) is 4. The molecule has 0 aliphatic carbocycles. The fourth-order valence-electron chi connectivity index (χ4n) is 2.44. The molecule has 3 aromatic rings. The number of fused-ring (bicyclic) bond motifs is 1. The molecule has 124 valence electrons. The minimum absolute atomic E-state index is 0.133. The summed E-state index contributed by atoms with van der Waals surface area (Å²) in [5, 5.41) is 1.81. The average Bonchev–Trinajstić information content (AvgIpc) is 3.03. The number of aryl methyl sites for hydroxylation is 1. The number of H-pyrrole nitrogens is 1. The number of benzene rings is 1. The molecule has 2 heterocycles. The molecule has 0 saturated heterocycles. The first-order chi connectivity index (χ1) is 11.5. The molecule has 0 bridgehead atoms. The fraction of sp³-hybridized carbons (Fsp3) is 0.235. The van der Waals surface area contributed by atoms with Gasteiger partial charge in [-0.15, -0.1) is 11.3 Å². The minimum atomic E-state index is -0.304. The van der Waals surface area contributed by atoms with Crippen LogP contribution in [0.1, 0.15) is 17.8 Å². The van der Waals surface area contributed by atoms with Gasteiger partial charge in [0.15, 0.2) is 0 Å². The van der Waals surface area contributed by atoms with Gasteiger partial charge in [0.25, 0.3) is 5.56 Å². The Bertz CT molecular complexity index is 935. The van der Waals surface area contributed by atoms with Crippen molar-refractivity contribution in [1.82, 2.24) is 14.9 Å². The molecular weight excluding hydrogens is 329 g/mol. The Hall–Kier alpha value is -2.54. The Labute approximate surface area is 141 Å². The van der Waals surface area contributed by atoms with Crippen molar-refractivity contribution in [2.45, 2.75) is 19.4 Å². The summed E-state index contributed by atoms with van der Waals surface area (Å²) < 4.78 is 14.2. The molecule has 0 fully saturated rings. The summed E-state index contributed by atoms with van der Waals surface area (Å²) in [6, 6.07) is 8.20. The average molecular weight is 345 g/mol. The second-order valence-corrected chi connectivity index (χ2v) is 6.40. The van der Waals surface area contributed by atoms with Gasteiger partial charge in [-0.1, -0.05) is 18.2 Å². The molecule has 1 amide bonds. The molecule has 0 saturated carbocycles. The molecular formula is C17H16FN3O2S. The molecule has 0 aliphatic rings. The molecule has 0 radical (unpaired) electrons. The third-order valence-electron chi connectivity index (χ3n) is 3.74. The fourth-order valence-corrected chi connectivity index (χ4v) is 3.17. The van der Waals surface area contributed by atoms with Gasteiger partial charge in [0.1, 0.15) is 16.3 Å². The van der Waals surface area contributed by atoms with Crippen molar-refractivity contribution in [3.8, 4) is 0 Å². The molecule has 3 rings (SSSR count). The topological polar surface area (TPSA) is 66.1 Å². The van der Waals surface area contributed by atoms with E-state index in [4.69, 9.17) is 0 Å². The first-order valence-corrected chi connectivity index (χ1v) is 8.36. The first-order valence-electron chi connectivity index (χ1n) is 7.48. The lowest BCUT2D eigenvalue weighted by Gasteiger charge is -2.16. The van der Waals surface area contributed by atoms with Crippen LogP contribution < -0.4 is 5.56 Å². The lowest BCUT2D eigenvalue weighted by Crippen LogP contribution is -2.28. The monoisotopic (exact) mass is 345 g/mol. The van der Waals surface area contributed by atoms with Gasteiger partial charge in [-0.25, -0.2) is 9.37 Å². The van der Waals surface area contributed by atoms with Crippen LogP contribution in [0.5, 0.6) is 0 Å². The zero-order chi connectivity index (χ0) is 17.1. The number of thiophene rings is 1. The van der Waals surface area contributed by atoms with E-state index in [0.717, 1.165) is 0 Å². The highest BCUT2D eigenvalue weighted by molar-refractivity contribution is 7.17. The molecule has 1 N–H and O–H groups in total. The Kier molecular flexibility index (Phi) is 4.71. The van der Waals surface area contributed by atoms with Crippen molar-refractivity contribution < 1.29 is 9.18 Å². The molecule has 5 nitrogen and oxygen atoms in total. The van der Waals surface area contributed by atoms with Crippen molar-refractivity contribution >= 4 is 27.5 Å². The number of aromatic amines is 1. The lowest BCUT2D eigenvalue weighted by molar-refractivity contribution is -0.130. The van der Waals surface area contributed by atoms with Gasteiger partial charge in [-0.05, 0) is 29.5 Å². The summed E-state index contributed by atoms with van der Waals surface area (Å²) in [6.45, 7) is 0.205. The Morgan fingerprint density at radius 3 is 2.92 bits per heavy atom. The number of hydrogen-bond donors (Lipinski definition) is 1. The van der Waals surface area contributed by atoms with Crippen LogP contribution in [-0.2, 0) is 17.8 Å². The zero-order valence-electron chi connectivity index (χ0n) is 13.1. The van der Waals surface area contributed by atoms with Crippen LogP contribution in [0.3, 0.4) is 0 Å². The predicted molar refractivity (Wildman–Crippen MR) is 91.4 cm³/mol. The molecule has 0 atom stereocenters. The van der Waals surface area contributed by atoms with Crippen molar-refractivity contribution in [3.05, 3.63) is 63.3 Å². The van der Waals surface area contributed by atoms with Crippen LogP contribution in [0.4, 0.5) is 4.39 Å². The molecule has 24 heavy (non-hydrogen) atoms. The maximum absolute atomic E-state index is 13.6. The normalized spacial score (nSPS) is 10.9. The summed E-state index contributed by atoms with van der Waals surface area (Å²) in [4.78, 5) is 32.7. The highest BCUT2D eigenvalue weighted by Gasteiger charge is 2.13. The zero-order valence-corrected chi connectivity index (χ0v) is 13.9. The van der Waals surface area contributed by atoms with Gasteiger partial charge < -0.3 is 9.88 Å². The number of aromatic nitrogens is 2. The summed E-state index contributed by atoms with van der Waals surface area (Å²) >= 11 is 1.33. The van der Waals surface area contributed by atoms with E-state index in [-0.39, 0.29) is 30.2 Å². The maximum atomic E-state index is 13.6. The Morgan fingerprint density at radius 2 is 2.12 bits per heavy atom. The molecule has 0 unspecified atom stereocenters. The number of carbonyl (C=O) groups excluding carboxylic acids is 1. The van der Waals surface area contributed by atoms with E-state index in [0.29, 0.717) is 28.0 Å². The van der Waals surface area contributed by atoms with Crippen molar-refractivity contribution in [3.63, 3.8) is 0 Å². The van der Waals surface area contributed by atoms with Gasteiger partial charge in [-0.3, -0.25) is 9.59 Å². The number of rotatable bonds is 5. The summed E-state index contributed by atoms with van der Waals surface area (Å²) in [5.74, 6) is 0.000758. The van der Waals surface area contributed by atoms with Gasteiger partial charge in [0.2, 0.25) is 5.91 Å². The number of nitrogens with one attached hydrogen (secondary N) is 1. The van der Waals surface area contributed by atoms with Gasteiger partial charge in [0, 0.05) is 13.5 Å².